The lowest BCUT2D eigenvalue weighted by molar-refractivity contribution is -0.137. The molecular weight excluding hydrogens is 375 g/mol. The minimum atomic E-state index is -4.45. The van der Waals surface area contributed by atoms with E-state index in [1.807, 2.05) is 0 Å². The predicted molar refractivity (Wildman–Crippen MR) is 97.2 cm³/mol. The zero-order valence-corrected chi connectivity index (χ0v) is 15.1. The van der Waals surface area contributed by atoms with Crippen molar-refractivity contribution in [3.63, 3.8) is 0 Å². The van der Waals surface area contributed by atoms with Crippen molar-refractivity contribution in [1.29, 1.82) is 0 Å². The number of hydrogen-bond donors (Lipinski definition) is 2. The number of hydrogen-bond acceptors (Lipinski definition) is 4. The highest BCUT2D eigenvalue weighted by Gasteiger charge is 2.35. The van der Waals surface area contributed by atoms with Gasteiger partial charge in [0.15, 0.2) is 5.96 Å². The summed E-state index contributed by atoms with van der Waals surface area (Å²) >= 11 is 0. The lowest BCUT2D eigenvalue weighted by atomic mass is 10.0. The Morgan fingerprint density at radius 3 is 2.71 bits per heavy atom. The van der Waals surface area contributed by atoms with E-state index in [-0.39, 0.29) is 24.2 Å². The Labute approximate surface area is 159 Å². The van der Waals surface area contributed by atoms with Crippen LogP contribution < -0.4 is 15.8 Å². The minimum absolute atomic E-state index is 0.0788. The topological polar surface area (TPSA) is 92.8 Å². The first-order valence-electron chi connectivity index (χ1n) is 8.27. The average molecular weight is 393 g/mol. The normalized spacial score (nSPS) is 16.3. The molecule has 0 spiro atoms. The summed E-state index contributed by atoms with van der Waals surface area (Å²) in [5, 5.41) is 2.75. The van der Waals surface area contributed by atoms with Crippen LogP contribution in [0.15, 0.2) is 41.5 Å². The molecule has 2 heterocycles. The van der Waals surface area contributed by atoms with E-state index >= 15 is 0 Å². The van der Waals surface area contributed by atoms with Gasteiger partial charge in [-0.15, -0.1) is 0 Å². The van der Waals surface area contributed by atoms with Gasteiger partial charge in [0.2, 0.25) is 0 Å². The minimum Gasteiger partial charge on any atom is -0.491 e. The average Bonchev–Trinajstić information content (AvgIpc) is 3.10. The summed E-state index contributed by atoms with van der Waals surface area (Å²) in [6, 6.07) is 5.94. The van der Waals surface area contributed by atoms with Crippen LogP contribution in [0.1, 0.15) is 27.5 Å². The number of carbonyl (C=O) groups excluding carboxylic acids is 1. The highest BCUT2D eigenvalue weighted by Crippen LogP contribution is 2.40. The standard InChI is InChI=1S/C18H18F3N5O2/c1-23-17(22)25-15-6-3-10(8-24-15)16(27)26(2)13-9-28-14-7-11(18(19,20)21)4-5-12(13)14/h3-8,13H,9H2,1-2H3,(H3,22,23,24,25). The second kappa shape index (κ2) is 7.37. The molecule has 0 saturated carbocycles. The molecule has 1 aromatic heterocycles. The number of benzene rings is 1. The maximum Gasteiger partial charge on any atom is 0.416 e. The molecule has 1 aliphatic heterocycles. The van der Waals surface area contributed by atoms with E-state index in [4.69, 9.17) is 10.5 Å². The Kier molecular flexibility index (Phi) is 5.12. The second-order valence-corrected chi connectivity index (χ2v) is 6.16. The number of guanidine groups is 1. The first kappa shape index (κ1) is 19.5. The molecule has 28 heavy (non-hydrogen) atoms. The molecule has 1 aromatic carbocycles. The van der Waals surface area contributed by atoms with Gasteiger partial charge in [0, 0.05) is 25.9 Å². The number of nitrogens with two attached hydrogens (primary N) is 1. The molecule has 0 aliphatic carbocycles. The van der Waals surface area contributed by atoms with Crippen LogP contribution in [0.5, 0.6) is 5.75 Å². The zero-order valence-electron chi connectivity index (χ0n) is 15.1. The summed E-state index contributed by atoms with van der Waals surface area (Å²) in [6.07, 6.45) is -3.07. The molecule has 3 rings (SSSR count). The van der Waals surface area contributed by atoms with Crippen LogP contribution in [-0.2, 0) is 6.18 Å². The van der Waals surface area contributed by atoms with Gasteiger partial charge in [0.25, 0.3) is 5.91 Å². The third kappa shape index (κ3) is 3.85. The van der Waals surface area contributed by atoms with E-state index in [1.165, 1.54) is 24.2 Å². The molecule has 0 bridgehead atoms. The smallest absolute Gasteiger partial charge is 0.416 e. The summed E-state index contributed by atoms with van der Waals surface area (Å²) in [7, 11) is 3.09. The highest BCUT2D eigenvalue weighted by atomic mass is 19.4. The lowest BCUT2D eigenvalue weighted by Gasteiger charge is -2.23. The fourth-order valence-corrected chi connectivity index (χ4v) is 2.82. The third-order valence-electron chi connectivity index (χ3n) is 4.39. The maximum absolute atomic E-state index is 12.8. The van der Waals surface area contributed by atoms with Gasteiger partial charge in [-0.25, -0.2) is 4.98 Å². The number of nitrogens with zero attached hydrogens (tertiary/aromatic N) is 3. The monoisotopic (exact) mass is 393 g/mol. The molecule has 1 atom stereocenters. The van der Waals surface area contributed by atoms with Crippen molar-refractivity contribution in [2.24, 2.45) is 10.7 Å². The molecule has 10 heteroatoms. The predicted octanol–water partition coefficient (Wildman–Crippen LogP) is 2.66. The first-order valence-corrected chi connectivity index (χ1v) is 8.27. The number of amides is 1. The zero-order chi connectivity index (χ0) is 20.5. The summed E-state index contributed by atoms with van der Waals surface area (Å²) in [5.74, 6) is 0.405. The van der Waals surface area contributed by atoms with Gasteiger partial charge in [-0.3, -0.25) is 9.79 Å². The number of carbonyl (C=O) groups is 1. The van der Waals surface area contributed by atoms with Crippen molar-refractivity contribution < 1.29 is 22.7 Å². The third-order valence-corrected chi connectivity index (χ3v) is 4.39. The van der Waals surface area contributed by atoms with Crippen molar-refractivity contribution in [3.05, 3.63) is 53.2 Å². The molecule has 7 nitrogen and oxygen atoms in total. The van der Waals surface area contributed by atoms with E-state index < -0.39 is 17.8 Å². The van der Waals surface area contributed by atoms with Gasteiger partial charge >= 0.3 is 6.18 Å². The summed E-state index contributed by atoms with van der Waals surface area (Å²) in [5.41, 5.74) is 5.62. The van der Waals surface area contributed by atoms with Crippen molar-refractivity contribution in [2.45, 2.75) is 12.2 Å². The molecule has 0 radical (unpaired) electrons. The number of likely N-dealkylation sites (N-methyl/N-ethyl adjacent to an activating group) is 1. The second-order valence-electron chi connectivity index (χ2n) is 6.16. The fraction of sp³-hybridized carbons (Fsp3) is 0.278. The quantitative estimate of drug-likeness (QED) is 0.618. The van der Waals surface area contributed by atoms with Crippen molar-refractivity contribution in [1.82, 2.24) is 9.88 Å². The first-order chi connectivity index (χ1) is 13.2. The number of aliphatic imine (C=N–C) groups is 1. The van der Waals surface area contributed by atoms with E-state index in [1.54, 1.807) is 19.2 Å². The molecule has 0 saturated heterocycles. The molecule has 3 N–H and O–H groups in total. The molecule has 2 aromatic rings. The SMILES string of the molecule is CN=C(N)Nc1ccc(C(=O)N(C)C2COc3cc(C(F)(F)F)ccc32)cn1. The van der Waals surface area contributed by atoms with Crippen LogP contribution >= 0.6 is 0 Å². The molecule has 1 unspecified atom stereocenters. The fourth-order valence-electron chi connectivity index (χ4n) is 2.82. The Morgan fingerprint density at radius 2 is 2.11 bits per heavy atom. The van der Waals surface area contributed by atoms with Gasteiger partial charge in [-0.1, -0.05) is 6.07 Å². The largest absolute Gasteiger partial charge is 0.491 e. The van der Waals surface area contributed by atoms with Gasteiger partial charge in [0.1, 0.15) is 18.2 Å². The lowest BCUT2D eigenvalue weighted by Crippen LogP contribution is -2.32. The van der Waals surface area contributed by atoms with Crippen LogP contribution in [0, 0.1) is 0 Å². The van der Waals surface area contributed by atoms with E-state index in [2.05, 4.69) is 15.3 Å². The van der Waals surface area contributed by atoms with Gasteiger partial charge in [-0.2, -0.15) is 13.2 Å². The summed E-state index contributed by atoms with van der Waals surface area (Å²) < 4.78 is 43.9. The number of ether oxygens (including phenoxy) is 1. The summed E-state index contributed by atoms with van der Waals surface area (Å²) in [4.78, 5) is 22.0. The number of rotatable bonds is 3. The Hall–Kier alpha value is -3.30. The molecule has 1 aliphatic rings. The van der Waals surface area contributed by atoms with E-state index in [0.717, 1.165) is 12.1 Å². The number of anilines is 1. The summed E-state index contributed by atoms with van der Waals surface area (Å²) in [6.45, 7) is 0.0788. The Balaban J connectivity index is 1.77. The highest BCUT2D eigenvalue weighted by molar-refractivity contribution is 5.95. The van der Waals surface area contributed by atoms with E-state index in [9.17, 15) is 18.0 Å². The number of fused-ring (bicyclic) bond motifs is 1. The number of nitrogens with one attached hydrogen (secondary N) is 1. The van der Waals surface area contributed by atoms with Crippen LogP contribution in [0.2, 0.25) is 0 Å². The van der Waals surface area contributed by atoms with Crippen LogP contribution in [-0.4, -0.2) is 42.5 Å². The maximum atomic E-state index is 12.8. The molecule has 0 fully saturated rings. The van der Waals surface area contributed by atoms with Gasteiger partial charge in [0.05, 0.1) is 17.2 Å². The van der Waals surface area contributed by atoms with Crippen molar-refractivity contribution in [2.75, 3.05) is 26.0 Å². The Morgan fingerprint density at radius 1 is 1.36 bits per heavy atom. The molecular formula is C18H18F3N5O2. The van der Waals surface area contributed by atoms with Crippen LogP contribution in [0.3, 0.4) is 0 Å². The molecule has 1 amide bonds. The van der Waals surface area contributed by atoms with Gasteiger partial charge < -0.3 is 20.7 Å². The van der Waals surface area contributed by atoms with Crippen molar-refractivity contribution >= 4 is 17.7 Å². The molecule has 148 valence electrons. The van der Waals surface area contributed by atoms with Crippen LogP contribution in [0.25, 0.3) is 0 Å². The number of aromatic nitrogens is 1. The number of alkyl halides is 3. The van der Waals surface area contributed by atoms with Gasteiger partial charge in [-0.05, 0) is 24.3 Å². The number of halogens is 3. The van der Waals surface area contributed by atoms with Crippen LogP contribution in [0.4, 0.5) is 19.0 Å². The van der Waals surface area contributed by atoms with E-state index in [0.29, 0.717) is 16.9 Å². The Bertz CT molecular complexity index is 912. The van der Waals surface area contributed by atoms with Crippen molar-refractivity contribution in [3.8, 4) is 5.75 Å². The number of pyridine rings is 1.